The molecule has 4 nitrogen and oxygen atoms in total. The topological polar surface area (TPSA) is 64.3 Å². The summed E-state index contributed by atoms with van der Waals surface area (Å²) in [6.07, 6.45) is 4.45. The van der Waals surface area contributed by atoms with E-state index in [0.29, 0.717) is 27.9 Å². The van der Waals surface area contributed by atoms with Gasteiger partial charge in [-0.05, 0) is 24.8 Å². The molecule has 0 saturated heterocycles. The monoisotopic (exact) mass is 296 g/mol. The summed E-state index contributed by atoms with van der Waals surface area (Å²) in [5.74, 6) is 0.960. The largest absolute Gasteiger partial charge is 0.496 e. The molecule has 0 radical (unpaired) electrons. The van der Waals surface area contributed by atoms with Crippen LogP contribution in [-0.2, 0) is 0 Å². The van der Waals surface area contributed by atoms with Crippen LogP contribution >= 0.6 is 11.6 Å². The molecule has 110 valence electrons. The van der Waals surface area contributed by atoms with Gasteiger partial charge in [0.05, 0.1) is 23.4 Å². The first kappa shape index (κ1) is 15.0. The van der Waals surface area contributed by atoms with Gasteiger partial charge in [0.1, 0.15) is 5.75 Å². The van der Waals surface area contributed by atoms with E-state index in [4.69, 9.17) is 22.1 Å². The Morgan fingerprint density at radius 3 is 2.85 bits per heavy atom. The van der Waals surface area contributed by atoms with E-state index in [1.54, 1.807) is 12.1 Å². The second kappa shape index (κ2) is 6.35. The van der Waals surface area contributed by atoms with Crippen molar-refractivity contribution in [3.05, 3.63) is 22.7 Å². The molecular formula is C15H21ClN2O2. The van der Waals surface area contributed by atoms with Gasteiger partial charge in [0.25, 0.3) is 5.91 Å². The Labute approximate surface area is 124 Å². The SMILES string of the molecule is COc1cc(N)c(Cl)cc1C(=O)NC1CCCC(C)C1. The number of nitrogens with one attached hydrogen (secondary N) is 1. The molecule has 1 aliphatic carbocycles. The van der Waals surface area contributed by atoms with Gasteiger partial charge >= 0.3 is 0 Å². The molecule has 2 rings (SSSR count). The van der Waals surface area contributed by atoms with Crippen molar-refractivity contribution in [1.82, 2.24) is 5.32 Å². The third-order valence-electron chi connectivity index (χ3n) is 3.84. The van der Waals surface area contributed by atoms with Gasteiger partial charge in [-0.2, -0.15) is 0 Å². The number of nitrogen functional groups attached to an aromatic ring is 1. The average Bonchev–Trinajstić information content (AvgIpc) is 2.41. The fourth-order valence-electron chi connectivity index (χ4n) is 2.74. The lowest BCUT2D eigenvalue weighted by atomic mass is 9.87. The van der Waals surface area contributed by atoms with Crippen molar-refractivity contribution in [3.63, 3.8) is 0 Å². The zero-order valence-electron chi connectivity index (χ0n) is 11.9. The summed E-state index contributed by atoms with van der Waals surface area (Å²) in [7, 11) is 1.52. The lowest BCUT2D eigenvalue weighted by Gasteiger charge is -2.27. The van der Waals surface area contributed by atoms with E-state index in [9.17, 15) is 4.79 Å². The van der Waals surface area contributed by atoms with Crippen molar-refractivity contribution in [2.24, 2.45) is 5.92 Å². The molecule has 20 heavy (non-hydrogen) atoms. The molecule has 1 amide bonds. The first-order valence-electron chi connectivity index (χ1n) is 6.95. The fraction of sp³-hybridized carbons (Fsp3) is 0.533. The Balaban J connectivity index is 2.14. The van der Waals surface area contributed by atoms with Crippen molar-refractivity contribution >= 4 is 23.2 Å². The highest BCUT2D eigenvalue weighted by molar-refractivity contribution is 6.33. The van der Waals surface area contributed by atoms with Crippen LogP contribution in [0.2, 0.25) is 5.02 Å². The highest BCUT2D eigenvalue weighted by Gasteiger charge is 2.22. The predicted molar refractivity (Wildman–Crippen MR) is 81.3 cm³/mol. The molecule has 0 heterocycles. The van der Waals surface area contributed by atoms with E-state index in [1.807, 2.05) is 0 Å². The average molecular weight is 297 g/mol. The smallest absolute Gasteiger partial charge is 0.255 e. The minimum atomic E-state index is -0.150. The van der Waals surface area contributed by atoms with Crippen LogP contribution in [0.5, 0.6) is 5.75 Å². The molecule has 0 aliphatic heterocycles. The Morgan fingerprint density at radius 1 is 1.45 bits per heavy atom. The number of ether oxygens (including phenoxy) is 1. The molecule has 0 spiro atoms. The van der Waals surface area contributed by atoms with Crippen LogP contribution in [0.15, 0.2) is 12.1 Å². The summed E-state index contributed by atoms with van der Waals surface area (Å²) in [6.45, 7) is 2.22. The number of amides is 1. The van der Waals surface area contributed by atoms with Gasteiger partial charge in [-0.3, -0.25) is 4.79 Å². The lowest BCUT2D eigenvalue weighted by Crippen LogP contribution is -2.38. The van der Waals surface area contributed by atoms with Gasteiger partial charge in [0.15, 0.2) is 0 Å². The molecule has 1 aromatic rings. The van der Waals surface area contributed by atoms with E-state index in [0.717, 1.165) is 19.3 Å². The Bertz CT molecular complexity index is 505. The van der Waals surface area contributed by atoms with Crippen LogP contribution in [0.1, 0.15) is 43.0 Å². The molecule has 1 saturated carbocycles. The summed E-state index contributed by atoms with van der Waals surface area (Å²) in [5.41, 5.74) is 6.57. The molecular weight excluding hydrogens is 276 g/mol. The number of carbonyl (C=O) groups is 1. The number of benzene rings is 1. The fourth-order valence-corrected chi connectivity index (χ4v) is 2.91. The van der Waals surface area contributed by atoms with Crippen LogP contribution in [0.3, 0.4) is 0 Å². The van der Waals surface area contributed by atoms with E-state index in [2.05, 4.69) is 12.2 Å². The molecule has 1 aliphatic rings. The maximum absolute atomic E-state index is 12.4. The van der Waals surface area contributed by atoms with Crippen LogP contribution in [0.25, 0.3) is 0 Å². The summed E-state index contributed by atoms with van der Waals surface area (Å²) >= 11 is 5.99. The highest BCUT2D eigenvalue weighted by atomic mass is 35.5. The van der Waals surface area contributed by atoms with Crippen molar-refractivity contribution in [1.29, 1.82) is 0 Å². The first-order valence-corrected chi connectivity index (χ1v) is 7.33. The second-order valence-corrected chi connectivity index (χ2v) is 5.92. The van der Waals surface area contributed by atoms with Gasteiger partial charge in [-0.1, -0.05) is 31.4 Å². The lowest BCUT2D eigenvalue weighted by molar-refractivity contribution is 0.0918. The Morgan fingerprint density at radius 2 is 2.20 bits per heavy atom. The van der Waals surface area contributed by atoms with Crippen LogP contribution < -0.4 is 15.8 Å². The number of anilines is 1. The Hall–Kier alpha value is -1.42. The first-order chi connectivity index (χ1) is 9.51. The molecule has 1 fully saturated rings. The number of nitrogens with two attached hydrogens (primary N) is 1. The van der Waals surface area contributed by atoms with E-state index >= 15 is 0 Å². The number of hydrogen-bond donors (Lipinski definition) is 2. The standard InChI is InChI=1S/C15H21ClN2O2/c1-9-4-3-5-10(6-9)18-15(19)11-7-12(16)13(17)8-14(11)20-2/h7-10H,3-6,17H2,1-2H3,(H,18,19). The number of rotatable bonds is 3. The third-order valence-corrected chi connectivity index (χ3v) is 4.16. The van der Waals surface area contributed by atoms with Gasteiger partial charge in [0, 0.05) is 12.1 Å². The zero-order valence-corrected chi connectivity index (χ0v) is 12.7. The van der Waals surface area contributed by atoms with Crippen LogP contribution in [-0.4, -0.2) is 19.1 Å². The number of methoxy groups -OCH3 is 1. The maximum atomic E-state index is 12.4. The number of halogens is 1. The highest BCUT2D eigenvalue weighted by Crippen LogP contribution is 2.29. The van der Waals surface area contributed by atoms with E-state index in [1.165, 1.54) is 13.5 Å². The molecule has 5 heteroatoms. The van der Waals surface area contributed by atoms with Gasteiger partial charge < -0.3 is 15.8 Å². The second-order valence-electron chi connectivity index (χ2n) is 5.52. The summed E-state index contributed by atoms with van der Waals surface area (Å²) < 4.78 is 5.21. The molecule has 1 aromatic carbocycles. The van der Waals surface area contributed by atoms with Crippen molar-refractivity contribution in [3.8, 4) is 5.75 Å². The summed E-state index contributed by atoms with van der Waals surface area (Å²) in [4.78, 5) is 12.4. The Kier molecular flexibility index (Phi) is 4.76. The molecule has 3 N–H and O–H groups in total. The zero-order chi connectivity index (χ0) is 14.7. The van der Waals surface area contributed by atoms with Gasteiger partial charge in [-0.25, -0.2) is 0 Å². The molecule has 2 unspecified atom stereocenters. The molecule has 0 aromatic heterocycles. The van der Waals surface area contributed by atoms with Crippen LogP contribution in [0, 0.1) is 5.92 Å². The minimum absolute atomic E-state index is 0.150. The van der Waals surface area contributed by atoms with Crippen LogP contribution in [0.4, 0.5) is 5.69 Å². The van der Waals surface area contributed by atoms with E-state index < -0.39 is 0 Å². The van der Waals surface area contributed by atoms with Gasteiger partial charge in [-0.15, -0.1) is 0 Å². The predicted octanol–water partition coefficient (Wildman–Crippen LogP) is 3.24. The van der Waals surface area contributed by atoms with Crippen molar-refractivity contribution in [2.75, 3.05) is 12.8 Å². The van der Waals surface area contributed by atoms with Crippen molar-refractivity contribution < 1.29 is 9.53 Å². The normalized spacial score (nSPS) is 22.4. The molecule has 2 atom stereocenters. The van der Waals surface area contributed by atoms with Crippen molar-refractivity contribution in [2.45, 2.75) is 38.6 Å². The molecule has 0 bridgehead atoms. The van der Waals surface area contributed by atoms with E-state index in [-0.39, 0.29) is 11.9 Å². The summed E-state index contributed by atoms with van der Waals surface area (Å²) in [6, 6.07) is 3.38. The minimum Gasteiger partial charge on any atom is -0.496 e. The number of hydrogen-bond acceptors (Lipinski definition) is 3. The third kappa shape index (κ3) is 3.37. The van der Waals surface area contributed by atoms with Gasteiger partial charge in [0.2, 0.25) is 0 Å². The number of carbonyl (C=O) groups excluding carboxylic acids is 1. The quantitative estimate of drug-likeness (QED) is 0.842. The maximum Gasteiger partial charge on any atom is 0.255 e. The summed E-state index contributed by atoms with van der Waals surface area (Å²) in [5, 5.41) is 3.44.